The summed E-state index contributed by atoms with van der Waals surface area (Å²) in [6.45, 7) is 1.94. The van der Waals surface area contributed by atoms with E-state index in [4.69, 9.17) is 16.3 Å². The van der Waals surface area contributed by atoms with Crippen molar-refractivity contribution >= 4 is 34.8 Å². The predicted molar refractivity (Wildman–Crippen MR) is 120 cm³/mol. The minimum atomic E-state index is -0.734. The van der Waals surface area contributed by atoms with Crippen LogP contribution in [0.1, 0.15) is 35.2 Å². The van der Waals surface area contributed by atoms with E-state index in [1.54, 1.807) is 18.2 Å². The Morgan fingerprint density at radius 3 is 2.42 bits per heavy atom. The molecule has 3 rings (SSSR count). The Morgan fingerprint density at radius 1 is 1.03 bits per heavy atom. The lowest BCUT2D eigenvalue weighted by molar-refractivity contribution is -0.117. The highest BCUT2D eigenvalue weighted by Gasteiger charge is 2.20. The van der Waals surface area contributed by atoms with Gasteiger partial charge in [-0.15, -0.1) is 0 Å². The number of methoxy groups -OCH3 is 1. The first-order valence-electron chi connectivity index (χ1n) is 9.73. The van der Waals surface area contributed by atoms with E-state index in [1.165, 1.54) is 19.2 Å². The normalized spacial score (nSPS) is 11.5. The molecule has 1 unspecified atom stereocenters. The van der Waals surface area contributed by atoms with Crippen LogP contribution in [-0.2, 0) is 4.79 Å². The van der Waals surface area contributed by atoms with Gasteiger partial charge in [0.05, 0.1) is 24.3 Å². The fraction of sp³-hybridized carbons (Fsp3) is 0.167. The van der Waals surface area contributed by atoms with Gasteiger partial charge in [0.1, 0.15) is 11.6 Å². The van der Waals surface area contributed by atoms with Gasteiger partial charge in [-0.3, -0.25) is 9.59 Å². The minimum Gasteiger partial charge on any atom is -0.495 e. The molecule has 0 aliphatic carbocycles. The van der Waals surface area contributed by atoms with Crippen molar-refractivity contribution in [2.75, 3.05) is 17.7 Å². The molecule has 31 heavy (non-hydrogen) atoms. The second-order valence-corrected chi connectivity index (χ2v) is 7.29. The Hall–Kier alpha value is -3.38. The van der Waals surface area contributed by atoms with Crippen LogP contribution in [0.25, 0.3) is 0 Å². The number of rotatable bonds is 7. The smallest absolute Gasteiger partial charge is 0.258 e. The SMILES string of the molecule is CCC(C(=O)Nc1ccc(OC)c(NC(=O)c2ccc(Cl)cc2F)c1)c1ccccc1. The molecular formula is C24H22ClFN2O3. The van der Waals surface area contributed by atoms with Crippen LogP contribution in [0.15, 0.2) is 66.7 Å². The van der Waals surface area contributed by atoms with Crippen molar-refractivity contribution < 1.29 is 18.7 Å². The monoisotopic (exact) mass is 440 g/mol. The van der Waals surface area contributed by atoms with Crippen molar-refractivity contribution in [3.05, 3.63) is 88.7 Å². The third kappa shape index (κ3) is 5.41. The van der Waals surface area contributed by atoms with Crippen molar-refractivity contribution in [1.29, 1.82) is 0 Å². The van der Waals surface area contributed by atoms with E-state index in [9.17, 15) is 14.0 Å². The quantitative estimate of drug-likeness (QED) is 0.482. The molecule has 2 amide bonds. The predicted octanol–water partition coefficient (Wildman–Crippen LogP) is 5.87. The number of halogens is 2. The Morgan fingerprint density at radius 2 is 1.77 bits per heavy atom. The number of ether oxygens (including phenoxy) is 1. The van der Waals surface area contributed by atoms with Crippen LogP contribution in [0.5, 0.6) is 5.75 Å². The molecule has 0 fully saturated rings. The highest BCUT2D eigenvalue weighted by atomic mass is 35.5. The molecule has 0 aromatic heterocycles. The first-order chi connectivity index (χ1) is 14.9. The molecule has 0 heterocycles. The average Bonchev–Trinajstić information content (AvgIpc) is 2.75. The van der Waals surface area contributed by atoms with Gasteiger partial charge in [-0.25, -0.2) is 4.39 Å². The van der Waals surface area contributed by atoms with E-state index in [2.05, 4.69) is 10.6 Å². The van der Waals surface area contributed by atoms with Crippen molar-refractivity contribution in [2.45, 2.75) is 19.3 Å². The van der Waals surface area contributed by atoms with Gasteiger partial charge in [0.25, 0.3) is 5.91 Å². The van der Waals surface area contributed by atoms with Crippen LogP contribution in [0.4, 0.5) is 15.8 Å². The Bertz CT molecular complexity index is 1090. The number of nitrogens with one attached hydrogen (secondary N) is 2. The van der Waals surface area contributed by atoms with Crippen molar-refractivity contribution in [1.82, 2.24) is 0 Å². The Balaban J connectivity index is 1.81. The molecule has 1 atom stereocenters. The number of carbonyl (C=O) groups excluding carboxylic acids is 2. The summed E-state index contributed by atoms with van der Waals surface area (Å²) in [7, 11) is 1.45. The lowest BCUT2D eigenvalue weighted by atomic mass is 9.95. The van der Waals surface area contributed by atoms with Gasteiger partial charge in [0, 0.05) is 10.7 Å². The van der Waals surface area contributed by atoms with E-state index in [0.29, 0.717) is 23.5 Å². The number of hydrogen-bond acceptors (Lipinski definition) is 3. The van der Waals surface area contributed by atoms with E-state index in [0.717, 1.165) is 11.6 Å². The lowest BCUT2D eigenvalue weighted by Gasteiger charge is -2.17. The zero-order valence-electron chi connectivity index (χ0n) is 17.1. The molecule has 0 bridgehead atoms. The summed E-state index contributed by atoms with van der Waals surface area (Å²) in [4.78, 5) is 25.4. The maximum atomic E-state index is 14.1. The van der Waals surface area contributed by atoms with E-state index in [-0.39, 0.29) is 22.4 Å². The third-order valence-electron chi connectivity index (χ3n) is 4.82. The van der Waals surface area contributed by atoms with Gasteiger partial charge in [-0.1, -0.05) is 48.9 Å². The van der Waals surface area contributed by atoms with Gasteiger partial charge in [-0.2, -0.15) is 0 Å². The first kappa shape index (κ1) is 22.3. The van der Waals surface area contributed by atoms with Gasteiger partial charge in [0.15, 0.2) is 0 Å². The van der Waals surface area contributed by atoms with E-state index >= 15 is 0 Å². The second-order valence-electron chi connectivity index (χ2n) is 6.85. The summed E-state index contributed by atoms with van der Waals surface area (Å²) in [5, 5.41) is 5.70. The molecule has 0 saturated heterocycles. The highest BCUT2D eigenvalue weighted by molar-refractivity contribution is 6.30. The van der Waals surface area contributed by atoms with Gasteiger partial charge >= 0.3 is 0 Å². The largest absolute Gasteiger partial charge is 0.495 e. The maximum Gasteiger partial charge on any atom is 0.258 e. The maximum absolute atomic E-state index is 14.1. The van der Waals surface area contributed by atoms with Crippen LogP contribution in [0.2, 0.25) is 5.02 Å². The number of benzene rings is 3. The van der Waals surface area contributed by atoms with E-state index in [1.807, 2.05) is 37.3 Å². The van der Waals surface area contributed by atoms with Gasteiger partial charge < -0.3 is 15.4 Å². The summed E-state index contributed by atoms with van der Waals surface area (Å²) in [6, 6.07) is 18.2. The topological polar surface area (TPSA) is 67.4 Å². The molecule has 0 aliphatic rings. The van der Waals surface area contributed by atoms with Crippen molar-refractivity contribution in [3.8, 4) is 5.75 Å². The third-order valence-corrected chi connectivity index (χ3v) is 5.05. The molecule has 3 aromatic rings. The summed E-state index contributed by atoms with van der Waals surface area (Å²) in [6.07, 6.45) is 0.630. The fourth-order valence-electron chi connectivity index (χ4n) is 3.23. The lowest BCUT2D eigenvalue weighted by Crippen LogP contribution is -2.21. The molecule has 0 saturated carbocycles. The van der Waals surface area contributed by atoms with Crippen LogP contribution < -0.4 is 15.4 Å². The zero-order chi connectivity index (χ0) is 22.4. The number of amides is 2. The van der Waals surface area contributed by atoms with Crippen LogP contribution in [0, 0.1) is 5.82 Å². The van der Waals surface area contributed by atoms with Crippen molar-refractivity contribution in [3.63, 3.8) is 0 Å². The first-order valence-corrected chi connectivity index (χ1v) is 10.1. The summed E-state index contributed by atoms with van der Waals surface area (Å²) < 4.78 is 19.4. The summed E-state index contributed by atoms with van der Waals surface area (Å²) >= 11 is 5.75. The fourth-order valence-corrected chi connectivity index (χ4v) is 3.39. The van der Waals surface area contributed by atoms with Crippen molar-refractivity contribution in [2.24, 2.45) is 0 Å². The minimum absolute atomic E-state index is 0.156. The molecule has 160 valence electrons. The summed E-state index contributed by atoms with van der Waals surface area (Å²) in [5.41, 5.74) is 1.54. The summed E-state index contributed by atoms with van der Waals surface area (Å²) in [5.74, 6) is -1.51. The second kappa shape index (κ2) is 10.1. The molecule has 5 nitrogen and oxygen atoms in total. The van der Waals surface area contributed by atoms with Gasteiger partial charge in [0.2, 0.25) is 5.91 Å². The van der Waals surface area contributed by atoms with Crippen LogP contribution in [-0.4, -0.2) is 18.9 Å². The molecule has 0 radical (unpaired) electrons. The highest BCUT2D eigenvalue weighted by Crippen LogP contribution is 2.30. The number of hydrogen-bond donors (Lipinski definition) is 2. The molecule has 2 N–H and O–H groups in total. The Kier molecular flexibility index (Phi) is 7.26. The average molecular weight is 441 g/mol. The molecule has 3 aromatic carbocycles. The zero-order valence-corrected chi connectivity index (χ0v) is 17.9. The molecule has 0 aliphatic heterocycles. The molecule has 0 spiro atoms. The van der Waals surface area contributed by atoms with Crippen LogP contribution in [0.3, 0.4) is 0 Å². The van der Waals surface area contributed by atoms with Gasteiger partial charge in [-0.05, 0) is 48.4 Å². The number of anilines is 2. The molecule has 7 heteroatoms. The standard InChI is InChI=1S/C24H22ClFN2O3/c1-3-18(15-7-5-4-6-8-15)23(29)27-17-10-12-22(31-2)21(14-17)28-24(30)19-11-9-16(25)13-20(19)26/h4-14,18H,3H2,1-2H3,(H,27,29)(H,28,30). The van der Waals surface area contributed by atoms with E-state index < -0.39 is 11.7 Å². The molecular weight excluding hydrogens is 419 g/mol. The Labute approximate surface area is 185 Å². The van der Waals surface area contributed by atoms with Crippen LogP contribution >= 0.6 is 11.6 Å². The number of carbonyl (C=O) groups is 2.